The lowest BCUT2D eigenvalue weighted by Crippen LogP contribution is -2.38. The molecule has 0 aromatic carbocycles. The summed E-state index contributed by atoms with van der Waals surface area (Å²) in [7, 11) is 0. The van der Waals surface area contributed by atoms with Crippen molar-refractivity contribution in [2.45, 2.75) is 19.8 Å². The van der Waals surface area contributed by atoms with Gasteiger partial charge in [0.25, 0.3) is 0 Å². The van der Waals surface area contributed by atoms with E-state index in [4.69, 9.17) is 14.6 Å². The van der Waals surface area contributed by atoms with Crippen molar-refractivity contribution in [3.05, 3.63) is 0 Å². The highest BCUT2D eigenvalue weighted by molar-refractivity contribution is 5.70. The van der Waals surface area contributed by atoms with Crippen LogP contribution in [0.3, 0.4) is 0 Å². The maximum atomic E-state index is 11.0. The molecule has 98 valence electrons. The summed E-state index contributed by atoms with van der Waals surface area (Å²) in [6.45, 7) is 3.67. The van der Waals surface area contributed by atoms with Crippen molar-refractivity contribution >= 4 is 12.1 Å². The Morgan fingerprint density at radius 2 is 2.00 bits per heavy atom. The summed E-state index contributed by atoms with van der Waals surface area (Å²) < 4.78 is 9.97. The Kier molecular flexibility index (Phi) is 5.76. The van der Waals surface area contributed by atoms with E-state index in [0.717, 1.165) is 12.8 Å². The first-order valence-electron chi connectivity index (χ1n) is 5.84. The van der Waals surface area contributed by atoms with Crippen LogP contribution in [0.4, 0.5) is 4.79 Å². The highest BCUT2D eigenvalue weighted by Gasteiger charge is 2.22. The molecule has 1 aliphatic heterocycles. The third-order valence-corrected chi connectivity index (χ3v) is 2.76. The molecule has 0 radical (unpaired) electrons. The maximum Gasteiger partial charge on any atom is 0.407 e. The zero-order valence-electron chi connectivity index (χ0n) is 10.1. The molecule has 6 heteroatoms. The minimum absolute atomic E-state index is 0.0208. The molecule has 1 rings (SSSR count). The summed E-state index contributed by atoms with van der Waals surface area (Å²) in [5, 5.41) is 8.77. The van der Waals surface area contributed by atoms with E-state index < -0.39 is 6.09 Å². The SMILES string of the molecule is CCOC(=O)COCC1CCN(C(=O)O)CC1. The largest absolute Gasteiger partial charge is 0.465 e. The quantitative estimate of drug-likeness (QED) is 0.730. The third kappa shape index (κ3) is 5.04. The van der Waals surface area contributed by atoms with Gasteiger partial charge in [0.15, 0.2) is 0 Å². The van der Waals surface area contributed by atoms with Crippen LogP contribution in [0.5, 0.6) is 0 Å². The number of nitrogens with zero attached hydrogens (tertiary/aromatic N) is 1. The standard InChI is InChI=1S/C11H19NO5/c1-2-17-10(13)8-16-7-9-3-5-12(6-4-9)11(14)15/h9H,2-8H2,1H3,(H,14,15). The van der Waals surface area contributed by atoms with Crippen LogP contribution in [0.1, 0.15) is 19.8 Å². The van der Waals surface area contributed by atoms with Crippen molar-refractivity contribution in [3.8, 4) is 0 Å². The number of esters is 1. The topological polar surface area (TPSA) is 76.1 Å². The van der Waals surface area contributed by atoms with Crippen LogP contribution in [0, 0.1) is 5.92 Å². The number of piperidine rings is 1. The molecule has 0 aliphatic carbocycles. The van der Waals surface area contributed by atoms with Gasteiger partial charge in [-0.1, -0.05) is 0 Å². The normalized spacial score (nSPS) is 16.9. The fourth-order valence-corrected chi connectivity index (χ4v) is 1.80. The van der Waals surface area contributed by atoms with Crippen LogP contribution in [0.2, 0.25) is 0 Å². The molecule has 0 atom stereocenters. The number of carbonyl (C=O) groups is 2. The first-order valence-corrected chi connectivity index (χ1v) is 5.84. The Balaban J connectivity index is 2.10. The van der Waals surface area contributed by atoms with Gasteiger partial charge < -0.3 is 19.5 Å². The third-order valence-electron chi connectivity index (χ3n) is 2.76. The van der Waals surface area contributed by atoms with Crippen molar-refractivity contribution in [2.24, 2.45) is 5.92 Å². The molecule has 1 aliphatic rings. The first-order chi connectivity index (χ1) is 8.13. The average Bonchev–Trinajstić information content (AvgIpc) is 2.30. The van der Waals surface area contributed by atoms with E-state index in [1.807, 2.05) is 0 Å². The minimum Gasteiger partial charge on any atom is -0.465 e. The Labute approximate surface area is 100 Å². The van der Waals surface area contributed by atoms with Gasteiger partial charge in [-0.25, -0.2) is 9.59 Å². The van der Waals surface area contributed by atoms with Gasteiger partial charge in [-0.3, -0.25) is 0 Å². The maximum absolute atomic E-state index is 11.0. The fourth-order valence-electron chi connectivity index (χ4n) is 1.80. The molecule has 6 nitrogen and oxygen atoms in total. The summed E-state index contributed by atoms with van der Waals surface area (Å²) in [4.78, 5) is 23.1. The molecule has 17 heavy (non-hydrogen) atoms. The van der Waals surface area contributed by atoms with Crippen LogP contribution < -0.4 is 0 Å². The number of hydrogen-bond donors (Lipinski definition) is 1. The van der Waals surface area contributed by atoms with Crippen molar-refractivity contribution in [1.82, 2.24) is 4.90 Å². The zero-order chi connectivity index (χ0) is 12.7. The summed E-state index contributed by atoms with van der Waals surface area (Å²) in [5.74, 6) is -0.0181. The van der Waals surface area contributed by atoms with Crippen LogP contribution in [-0.4, -0.2) is 55.0 Å². The number of hydrogen-bond acceptors (Lipinski definition) is 4. The van der Waals surface area contributed by atoms with Gasteiger partial charge in [0.1, 0.15) is 6.61 Å². The fraction of sp³-hybridized carbons (Fsp3) is 0.818. The minimum atomic E-state index is -0.865. The number of carbonyl (C=O) groups excluding carboxylic acids is 1. The van der Waals surface area contributed by atoms with Crippen molar-refractivity contribution < 1.29 is 24.2 Å². The molecule has 0 unspecified atom stereocenters. The smallest absolute Gasteiger partial charge is 0.407 e. The van der Waals surface area contributed by atoms with Gasteiger partial charge in [-0.05, 0) is 25.7 Å². The molecule has 1 amide bonds. The van der Waals surface area contributed by atoms with Crippen molar-refractivity contribution in [3.63, 3.8) is 0 Å². The predicted octanol–water partition coefficient (Wildman–Crippen LogP) is 0.956. The van der Waals surface area contributed by atoms with E-state index in [9.17, 15) is 9.59 Å². The second-order valence-electron chi connectivity index (χ2n) is 4.03. The lowest BCUT2D eigenvalue weighted by Gasteiger charge is -2.29. The van der Waals surface area contributed by atoms with E-state index in [2.05, 4.69) is 0 Å². The average molecular weight is 245 g/mol. The Bertz CT molecular complexity index is 261. The Morgan fingerprint density at radius 1 is 1.35 bits per heavy atom. The molecular formula is C11H19NO5. The van der Waals surface area contributed by atoms with E-state index in [0.29, 0.717) is 32.2 Å². The number of carboxylic acid groups (broad SMARTS) is 1. The van der Waals surface area contributed by atoms with Gasteiger partial charge >= 0.3 is 12.1 Å². The summed E-state index contributed by atoms with van der Waals surface area (Å²) >= 11 is 0. The van der Waals surface area contributed by atoms with Crippen molar-refractivity contribution in [2.75, 3.05) is 32.9 Å². The van der Waals surface area contributed by atoms with Crippen molar-refractivity contribution in [1.29, 1.82) is 0 Å². The molecule has 0 aromatic rings. The number of rotatable bonds is 5. The van der Waals surface area contributed by atoms with Gasteiger partial charge in [0.2, 0.25) is 0 Å². The Hall–Kier alpha value is -1.30. The van der Waals surface area contributed by atoms with Crippen LogP contribution in [-0.2, 0) is 14.3 Å². The highest BCUT2D eigenvalue weighted by Crippen LogP contribution is 2.17. The number of ether oxygens (including phenoxy) is 2. The predicted molar refractivity (Wildman–Crippen MR) is 59.8 cm³/mol. The van der Waals surface area contributed by atoms with Gasteiger partial charge in [-0.15, -0.1) is 0 Å². The van der Waals surface area contributed by atoms with E-state index in [1.54, 1.807) is 6.92 Å². The summed E-state index contributed by atoms with van der Waals surface area (Å²) in [5.41, 5.74) is 0. The lowest BCUT2D eigenvalue weighted by molar-refractivity contribution is -0.149. The molecule has 1 heterocycles. The Morgan fingerprint density at radius 3 is 2.53 bits per heavy atom. The van der Waals surface area contributed by atoms with E-state index >= 15 is 0 Å². The van der Waals surface area contributed by atoms with Gasteiger partial charge in [0.05, 0.1) is 13.2 Å². The van der Waals surface area contributed by atoms with E-state index in [-0.39, 0.29) is 12.6 Å². The molecular weight excluding hydrogens is 226 g/mol. The number of likely N-dealkylation sites (tertiary alicyclic amines) is 1. The number of amides is 1. The molecule has 0 saturated carbocycles. The molecule has 0 spiro atoms. The monoisotopic (exact) mass is 245 g/mol. The molecule has 0 aromatic heterocycles. The highest BCUT2D eigenvalue weighted by atomic mass is 16.6. The van der Waals surface area contributed by atoms with Crippen LogP contribution in [0.15, 0.2) is 0 Å². The van der Waals surface area contributed by atoms with Crippen LogP contribution >= 0.6 is 0 Å². The molecule has 1 saturated heterocycles. The summed E-state index contributed by atoms with van der Waals surface area (Å²) in [6.07, 6.45) is 0.709. The second kappa shape index (κ2) is 7.11. The van der Waals surface area contributed by atoms with E-state index in [1.165, 1.54) is 4.90 Å². The second-order valence-corrected chi connectivity index (χ2v) is 4.03. The first kappa shape index (κ1) is 13.8. The van der Waals surface area contributed by atoms with Crippen LogP contribution in [0.25, 0.3) is 0 Å². The van der Waals surface area contributed by atoms with Gasteiger partial charge in [0, 0.05) is 13.1 Å². The summed E-state index contributed by atoms with van der Waals surface area (Å²) in [6, 6.07) is 0. The molecule has 1 N–H and O–H groups in total. The van der Waals surface area contributed by atoms with Gasteiger partial charge in [-0.2, -0.15) is 0 Å². The molecule has 0 bridgehead atoms. The molecule has 1 fully saturated rings. The lowest BCUT2D eigenvalue weighted by atomic mass is 9.98. The zero-order valence-corrected chi connectivity index (χ0v) is 10.1.